The molecular weight excluding hydrogens is 164 g/mol. The van der Waals surface area contributed by atoms with E-state index >= 15 is 0 Å². The summed E-state index contributed by atoms with van der Waals surface area (Å²) >= 11 is 0. The standard InChI is InChI=1S/C11H20O2/c1-2-3-7-13-10-4-5-11(10)6-8-12-9-11/h10H,2-9H2,1H3. The van der Waals surface area contributed by atoms with Gasteiger partial charge >= 0.3 is 0 Å². The van der Waals surface area contributed by atoms with E-state index in [-0.39, 0.29) is 0 Å². The topological polar surface area (TPSA) is 18.5 Å². The highest BCUT2D eigenvalue weighted by Gasteiger charge is 2.49. The molecule has 0 aromatic rings. The summed E-state index contributed by atoms with van der Waals surface area (Å²) in [5.41, 5.74) is 0.438. The first-order valence-corrected chi connectivity index (χ1v) is 5.57. The molecule has 2 fully saturated rings. The third kappa shape index (κ3) is 1.75. The van der Waals surface area contributed by atoms with Crippen molar-refractivity contribution < 1.29 is 9.47 Å². The van der Waals surface area contributed by atoms with Crippen LogP contribution in [0.2, 0.25) is 0 Å². The fourth-order valence-electron chi connectivity index (χ4n) is 2.37. The minimum Gasteiger partial charge on any atom is -0.381 e. The van der Waals surface area contributed by atoms with E-state index in [4.69, 9.17) is 9.47 Å². The van der Waals surface area contributed by atoms with Gasteiger partial charge in [-0.1, -0.05) is 13.3 Å². The van der Waals surface area contributed by atoms with E-state index in [1.54, 1.807) is 0 Å². The Labute approximate surface area is 80.6 Å². The van der Waals surface area contributed by atoms with Gasteiger partial charge in [0.2, 0.25) is 0 Å². The van der Waals surface area contributed by atoms with Gasteiger partial charge in [-0.3, -0.25) is 0 Å². The van der Waals surface area contributed by atoms with Gasteiger partial charge in [-0.15, -0.1) is 0 Å². The Kier molecular flexibility index (Phi) is 2.89. The van der Waals surface area contributed by atoms with Crippen LogP contribution >= 0.6 is 0 Å². The molecular formula is C11H20O2. The highest BCUT2D eigenvalue weighted by Crippen LogP contribution is 2.49. The van der Waals surface area contributed by atoms with Crippen LogP contribution < -0.4 is 0 Å². The lowest BCUT2D eigenvalue weighted by Gasteiger charge is -2.45. The van der Waals surface area contributed by atoms with Crippen molar-refractivity contribution in [2.24, 2.45) is 5.41 Å². The Morgan fingerprint density at radius 2 is 2.38 bits per heavy atom. The molecule has 0 bridgehead atoms. The molecule has 0 radical (unpaired) electrons. The minimum atomic E-state index is 0.438. The summed E-state index contributed by atoms with van der Waals surface area (Å²) in [6, 6.07) is 0. The highest BCUT2D eigenvalue weighted by molar-refractivity contribution is 4.99. The van der Waals surface area contributed by atoms with Gasteiger partial charge < -0.3 is 9.47 Å². The summed E-state index contributed by atoms with van der Waals surface area (Å²) < 4.78 is 11.3. The summed E-state index contributed by atoms with van der Waals surface area (Å²) in [6.45, 7) is 5.05. The molecule has 2 unspecified atom stereocenters. The van der Waals surface area contributed by atoms with Crippen molar-refractivity contribution in [1.82, 2.24) is 0 Å². The molecule has 0 amide bonds. The van der Waals surface area contributed by atoms with Crippen molar-refractivity contribution in [1.29, 1.82) is 0 Å². The van der Waals surface area contributed by atoms with E-state index in [0.717, 1.165) is 19.8 Å². The van der Waals surface area contributed by atoms with Crippen LogP contribution in [-0.4, -0.2) is 25.9 Å². The Bertz CT molecular complexity index is 161. The summed E-state index contributed by atoms with van der Waals surface area (Å²) in [5.74, 6) is 0. The fraction of sp³-hybridized carbons (Fsp3) is 1.00. The van der Waals surface area contributed by atoms with Crippen molar-refractivity contribution in [2.45, 2.75) is 45.1 Å². The van der Waals surface area contributed by atoms with Crippen molar-refractivity contribution in [2.75, 3.05) is 19.8 Å². The molecule has 76 valence electrons. The highest BCUT2D eigenvalue weighted by atomic mass is 16.5. The molecule has 0 N–H and O–H groups in total. The second kappa shape index (κ2) is 3.97. The fourth-order valence-corrected chi connectivity index (χ4v) is 2.37. The lowest BCUT2D eigenvalue weighted by Crippen LogP contribution is -2.47. The first-order chi connectivity index (χ1) is 6.37. The number of unbranched alkanes of at least 4 members (excludes halogenated alkanes) is 1. The molecule has 2 aliphatic rings. The SMILES string of the molecule is CCCCOC1CCC12CCOC2. The van der Waals surface area contributed by atoms with Crippen LogP contribution in [0.15, 0.2) is 0 Å². The van der Waals surface area contributed by atoms with E-state index in [1.165, 1.54) is 32.1 Å². The molecule has 2 atom stereocenters. The van der Waals surface area contributed by atoms with Crippen LogP contribution in [0.3, 0.4) is 0 Å². The Morgan fingerprint density at radius 1 is 1.46 bits per heavy atom. The first-order valence-electron chi connectivity index (χ1n) is 5.57. The van der Waals surface area contributed by atoms with E-state index in [2.05, 4.69) is 6.92 Å². The van der Waals surface area contributed by atoms with Gasteiger partial charge in [-0.2, -0.15) is 0 Å². The van der Waals surface area contributed by atoms with Crippen LogP contribution in [0.4, 0.5) is 0 Å². The summed E-state index contributed by atoms with van der Waals surface area (Å²) in [6.07, 6.45) is 6.76. The largest absolute Gasteiger partial charge is 0.381 e. The van der Waals surface area contributed by atoms with Crippen molar-refractivity contribution in [3.63, 3.8) is 0 Å². The maximum Gasteiger partial charge on any atom is 0.0654 e. The Morgan fingerprint density at radius 3 is 2.92 bits per heavy atom. The number of ether oxygens (including phenoxy) is 2. The summed E-state index contributed by atoms with van der Waals surface area (Å²) in [7, 11) is 0. The monoisotopic (exact) mass is 184 g/mol. The van der Waals surface area contributed by atoms with Gasteiger partial charge in [-0.25, -0.2) is 0 Å². The lowest BCUT2D eigenvalue weighted by atomic mass is 9.65. The van der Waals surface area contributed by atoms with Gasteiger partial charge in [0.25, 0.3) is 0 Å². The number of hydrogen-bond donors (Lipinski definition) is 0. The van der Waals surface area contributed by atoms with Crippen LogP contribution in [0.25, 0.3) is 0 Å². The van der Waals surface area contributed by atoms with Crippen LogP contribution in [-0.2, 0) is 9.47 Å². The molecule has 2 nitrogen and oxygen atoms in total. The van der Waals surface area contributed by atoms with E-state index in [9.17, 15) is 0 Å². The first kappa shape index (κ1) is 9.47. The van der Waals surface area contributed by atoms with E-state index < -0.39 is 0 Å². The number of hydrogen-bond acceptors (Lipinski definition) is 2. The van der Waals surface area contributed by atoms with Gasteiger partial charge in [0.1, 0.15) is 0 Å². The molecule has 1 heterocycles. The molecule has 1 aliphatic carbocycles. The minimum absolute atomic E-state index is 0.438. The Hall–Kier alpha value is -0.0800. The molecule has 0 aromatic carbocycles. The zero-order chi connectivity index (χ0) is 9.15. The molecule has 1 aliphatic heterocycles. The van der Waals surface area contributed by atoms with Gasteiger partial charge in [0.15, 0.2) is 0 Å². The van der Waals surface area contributed by atoms with Crippen LogP contribution in [0.5, 0.6) is 0 Å². The second-order valence-corrected chi connectivity index (χ2v) is 4.42. The third-order valence-electron chi connectivity index (χ3n) is 3.54. The van der Waals surface area contributed by atoms with Crippen molar-refractivity contribution in [3.8, 4) is 0 Å². The smallest absolute Gasteiger partial charge is 0.0654 e. The molecule has 2 heteroatoms. The van der Waals surface area contributed by atoms with E-state index in [1.807, 2.05) is 0 Å². The average molecular weight is 184 g/mol. The molecule has 1 saturated heterocycles. The predicted octanol–water partition coefficient (Wildman–Crippen LogP) is 2.37. The second-order valence-electron chi connectivity index (χ2n) is 4.42. The quantitative estimate of drug-likeness (QED) is 0.624. The van der Waals surface area contributed by atoms with Crippen molar-refractivity contribution in [3.05, 3.63) is 0 Å². The van der Waals surface area contributed by atoms with Crippen molar-refractivity contribution >= 4 is 0 Å². The third-order valence-corrected chi connectivity index (χ3v) is 3.54. The zero-order valence-corrected chi connectivity index (χ0v) is 8.55. The molecule has 1 spiro atoms. The molecule has 13 heavy (non-hydrogen) atoms. The number of rotatable bonds is 4. The van der Waals surface area contributed by atoms with Gasteiger partial charge in [0.05, 0.1) is 12.7 Å². The maximum atomic E-state index is 5.88. The Balaban J connectivity index is 1.74. The normalized spacial score (nSPS) is 38.1. The predicted molar refractivity (Wildman–Crippen MR) is 51.8 cm³/mol. The average Bonchev–Trinajstić information content (AvgIpc) is 2.61. The van der Waals surface area contributed by atoms with E-state index in [0.29, 0.717) is 11.5 Å². The summed E-state index contributed by atoms with van der Waals surface area (Å²) in [5, 5.41) is 0. The molecule has 1 saturated carbocycles. The van der Waals surface area contributed by atoms with Crippen LogP contribution in [0.1, 0.15) is 39.0 Å². The zero-order valence-electron chi connectivity index (χ0n) is 8.55. The van der Waals surface area contributed by atoms with Gasteiger partial charge in [0, 0.05) is 18.6 Å². The molecule has 2 rings (SSSR count). The summed E-state index contributed by atoms with van der Waals surface area (Å²) in [4.78, 5) is 0. The lowest BCUT2D eigenvalue weighted by molar-refractivity contribution is -0.112. The molecule has 0 aromatic heterocycles. The van der Waals surface area contributed by atoms with Gasteiger partial charge in [-0.05, 0) is 25.7 Å². The van der Waals surface area contributed by atoms with Crippen LogP contribution in [0, 0.1) is 5.41 Å². The maximum absolute atomic E-state index is 5.88.